The van der Waals surface area contributed by atoms with Crippen molar-refractivity contribution in [3.8, 4) is 11.4 Å². The SMILES string of the molecule is CCn1c(-c2cccc(CCl)c2)nc2cccc(Cl)c21. The molecule has 0 N–H and O–H groups in total. The van der Waals surface area contributed by atoms with Crippen LogP contribution in [-0.2, 0) is 12.4 Å². The molecule has 1 heterocycles. The van der Waals surface area contributed by atoms with Crippen LogP contribution in [-0.4, -0.2) is 9.55 Å². The molecule has 0 aliphatic carbocycles. The second kappa shape index (κ2) is 5.47. The van der Waals surface area contributed by atoms with Crippen LogP contribution in [0, 0.1) is 0 Å². The molecule has 0 atom stereocenters. The second-order valence-corrected chi connectivity index (χ2v) is 5.30. The van der Waals surface area contributed by atoms with Gasteiger partial charge in [-0.15, -0.1) is 11.6 Å². The maximum atomic E-state index is 6.32. The number of rotatable bonds is 3. The number of aromatic nitrogens is 2. The minimum absolute atomic E-state index is 0.501. The van der Waals surface area contributed by atoms with Crippen molar-refractivity contribution in [2.75, 3.05) is 0 Å². The zero-order valence-electron chi connectivity index (χ0n) is 11.1. The topological polar surface area (TPSA) is 17.8 Å². The minimum atomic E-state index is 0.501. The van der Waals surface area contributed by atoms with Crippen molar-refractivity contribution < 1.29 is 0 Å². The first kappa shape index (κ1) is 13.5. The van der Waals surface area contributed by atoms with Crippen LogP contribution in [0.1, 0.15) is 12.5 Å². The van der Waals surface area contributed by atoms with Gasteiger partial charge in [-0.1, -0.05) is 35.9 Å². The van der Waals surface area contributed by atoms with Gasteiger partial charge in [-0.3, -0.25) is 0 Å². The van der Waals surface area contributed by atoms with Gasteiger partial charge in [0.25, 0.3) is 0 Å². The van der Waals surface area contributed by atoms with Gasteiger partial charge in [-0.25, -0.2) is 4.98 Å². The van der Waals surface area contributed by atoms with Gasteiger partial charge >= 0.3 is 0 Å². The number of imidazole rings is 1. The molecule has 0 fully saturated rings. The zero-order valence-corrected chi connectivity index (χ0v) is 12.6. The van der Waals surface area contributed by atoms with Crippen LogP contribution in [0.25, 0.3) is 22.4 Å². The Hall–Kier alpha value is -1.51. The highest BCUT2D eigenvalue weighted by Gasteiger charge is 2.13. The average molecular weight is 305 g/mol. The molecular formula is C16H14Cl2N2. The summed E-state index contributed by atoms with van der Waals surface area (Å²) in [5, 5.41) is 0.733. The number of halogens is 2. The van der Waals surface area contributed by atoms with Crippen LogP contribution in [0.4, 0.5) is 0 Å². The molecule has 0 amide bonds. The van der Waals surface area contributed by atoms with Gasteiger partial charge in [0.1, 0.15) is 5.82 Å². The number of fused-ring (bicyclic) bond motifs is 1. The molecule has 20 heavy (non-hydrogen) atoms. The van der Waals surface area contributed by atoms with E-state index in [4.69, 9.17) is 28.2 Å². The summed E-state index contributed by atoms with van der Waals surface area (Å²) in [6.45, 7) is 2.92. The van der Waals surface area contributed by atoms with Crippen LogP contribution in [0.2, 0.25) is 5.02 Å². The number of alkyl halides is 1. The largest absolute Gasteiger partial charge is 0.323 e. The highest BCUT2D eigenvalue weighted by Crippen LogP contribution is 2.30. The van der Waals surface area contributed by atoms with E-state index in [0.717, 1.165) is 39.6 Å². The maximum Gasteiger partial charge on any atom is 0.141 e. The van der Waals surface area contributed by atoms with E-state index >= 15 is 0 Å². The second-order valence-electron chi connectivity index (χ2n) is 4.62. The molecule has 4 heteroatoms. The highest BCUT2D eigenvalue weighted by molar-refractivity contribution is 6.35. The Bertz CT molecular complexity index is 762. The lowest BCUT2D eigenvalue weighted by Crippen LogP contribution is -1.98. The van der Waals surface area contributed by atoms with Gasteiger partial charge in [0.2, 0.25) is 0 Å². The van der Waals surface area contributed by atoms with Crippen molar-refractivity contribution in [2.45, 2.75) is 19.3 Å². The van der Waals surface area contributed by atoms with E-state index in [9.17, 15) is 0 Å². The summed E-state index contributed by atoms with van der Waals surface area (Å²) in [5.41, 5.74) is 4.07. The number of aryl methyl sites for hydroxylation is 1. The normalized spacial score (nSPS) is 11.2. The molecular weight excluding hydrogens is 291 g/mol. The van der Waals surface area contributed by atoms with E-state index in [1.807, 2.05) is 30.3 Å². The first-order valence-electron chi connectivity index (χ1n) is 6.54. The van der Waals surface area contributed by atoms with Crippen molar-refractivity contribution in [2.24, 2.45) is 0 Å². The molecule has 0 aliphatic rings. The molecule has 102 valence electrons. The van der Waals surface area contributed by atoms with Gasteiger partial charge < -0.3 is 4.57 Å². The molecule has 2 nitrogen and oxygen atoms in total. The van der Waals surface area contributed by atoms with Crippen LogP contribution < -0.4 is 0 Å². The third-order valence-electron chi connectivity index (χ3n) is 3.37. The smallest absolute Gasteiger partial charge is 0.141 e. The molecule has 0 aliphatic heterocycles. The average Bonchev–Trinajstić information content (AvgIpc) is 2.87. The Labute approximate surface area is 128 Å². The summed E-state index contributed by atoms with van der Waals surface area (Å²) in [6.07, 6.45) is 0. The molecule has 2 aromatic carbocycles. The van der Waals surface area contributed by atoms with Crippen LogP contribution in [0.5, 0.6) is 0 Å². The van der Waals surface area contributed by atoms with Crippen LogP contribution in [0.15, 0.2) is 42.5 Å². The van der Waals surface area contributed by atoms with Gasteiger partial charge in [0, 0.05) is 18.0 Å². The first-order valence-corrected chi connectivity index (χ1v) is 7.46. The Morgan fingerprint density at radius 2 is 1.95 bits per heavy atom. The van der Waals surface area contributed by atoms with Crippen molar-refractivity contribution >= 4 is 34.2 Å². The van der Waals surface area contributed by atoms with E-state index in [1.54, 1.807) is 0 Å². The van der Waals surface area contributed by atoms with E-state index in [0.29, 0.717) is 5.88 Å². The monoisotopic (exact) mass is 304 g/mol. The fourth-order valence-corrected chi connectivity index (χ4v) is 2.90. The molecule has 3 aromatic rings. The highest BCUT2D eigenvalue weighted by atomic mass is 35.5. The van der Waals surface area contributed by atoms with Gasteiger partial charge in [0.15, 0.2) is 0 Å². The predicted molar refractivity (Wildman–Crippen MR) is 85.4 cm³/mol. The Morgan fingerprint density at radius 3 is 2.70 bits per heavy atom. The van der Waals surface area contributed by atoms with E-state index in [1.165, 1.54) is 0 Å². The standard InChI is InChI=1S/C16H14Cl2N2/c1-2-20-15-13(18)7-4-8-14(15)19-16(20)12-6-3-5-11(9-12)10-17/h3-9H,2,10H2,1H3. The summed E-state index contributed by atoms with van der Waals surface area (Å²) >= 11 is 12.2. The number of para-hydroxylation sites is 1. The maximum absolute atomic E-state index is 6.32. The fourth-order valence-electron chi connectivity index (χ4n) is 2.46. The third-order valence-corrected chi connectivity index (χ3v) is 3.99. The minimum Gasteiger partial charge on any atom is -0.323 e. The summed E-state index contributed by atoms with van der Waals surface area (Å²) < 4.78 is 2.14. The lowest BCUT2D eigenvalue weighted by molar-refractivity contribution is 0.796. The first-order chi connectivity index (χ1) is 9.74. The molecule has 0 bridgehead atoms. The van der Waals surface area contributed by atoms with Crippen LogP contribution in [0.3, 0.4) is 0 Å². The lowest BCUT2D eigenvalue weighted by atomic mass is 10.1. The molecule has 0 unspecified atom stereocenters. The molecule has 3 rings (SSSR count). The van der Waals surface area contributed by atoms with Crippen molar-refractivity contribution in [3.63, 3.8) is 0 Å². The molecule has 0 saturated carbocycles. The fraction of sp³-hybridized carbons (Fsp3) is 0.188. The summed E-state index contributed by atoms with van der Waals surface area (Å²) in [6, 6.07) is 14.0. The number of benzene rings is 2. The van der Waals surface area contributed by atoms with E-state index in [2.05, 4.69) is 23.6 Å². The zero-order chi connectivity index (χ0) is 14.1. The molecule has 0 spiro atoms. The van der Waals surface area contributed by atoms with Crippen LogP contribution >= 0.6 is 23.2 Å². The van der Waals surface area contributed by atoms with Gasteiger partial charge in [-0.2, -0.15) is 0 Å². The van der Waals surface area contributed by atoms with E-state index < -0.39 is 0 Å². The quantitative estimate of drug-likeness (QED) is 0.614. The summed E-state index contributed by atoms with van der Waals surface area (Å²) in [7, 11) is 0. The molecule has 1 aromatic heterocycles. The summed E-state index contributed by atoms with van der Waals surface area (Å²) in [5.74, 6) is 1.43. The molecule has 0 radical (unpaired) electrons. The predicted octanol–water partition coefficient (Wildman–Crippen LogP) is 5.12. The summed E-state index contributed by atoms with van der Waals surface area (Å²) in [4.78, 5) is 4.73. The molecule has 0 saturated heterocycles. The van der Waals surface area contributed by atoms with Crippen molar-refractivity contribution in [1.82, 2.24) is 9.55 Å². The number of hydrogen-bond acceptors (Lipinski definition) is 1. The Kier molecular flexibility index (Phi) is 3.68. The van der Waals surface area contributed by atoms with Crippen molar-refractivity contribution in [1.29, 1.82) is 0 Å². The van der Waals surface area contributed by atoms with E-state index in [-0.39, 0.29) is 0 Å². The Balaban J connectivity index is 2.27. The third kappa shape index (κ3) is 2.19. The van der Waals surface area contributed by atoms with Crippen molar-refractivity contribution in [3.05, 3.63) is 53.1 Å². The number of hydrogen-bond donors (Lipinski definition) is 0. The van der Waals surface area contributed by atoms with Gasteiger partial charge in [-0.05, 0) is 30.7 Å². The van der Waals surface area contributed by atoms with Gasteiger partial charge in [0.05, 0.1) is 16.1 Å². The lowest BCUT2D eigenvalue weighted by Gasteiger charge is -2.07. The number of nitrogens with zero attached hydrogens (tertiary/aromatic N) is 2. The Morgan fingerprint density at radius 1 is 1.15 bits per heavy atom.